The van der Waals surface area contributed by atoms with Crippen LogP contribution < -0.4 is 11.1 Å². The van der Waals surface area contributed by atoms with Gasteiger partial charge in [0.1, 0.15) is 5.82 Å². The number of nitrogens with two attached hydrogens (primary N) is 1. The molecule has 0 radical (unpaired) electrons. The Morgan fingerprint density at radius 1 is 1.42 bits per heavy atom. The molecule has 2 rings (SSSR count). The van der Waals surface area contributed by atoms with Gasteiger partial charge >= 0.3 is 0 Å². The van der Waals surface area contributed by atoms with Crippen LogP contribution in [0, 0.1) is 5.82 Å². The molecule has 0 atom stereocenters. The number of hydrogen-bond acceptors (Lipinski definition) is 4. The molecule has 0 saturated carbocycles. The van der Waals surface area contributed by atoms with Gasteiger partial charge in [0.05, 0.1) is 12.0 Å². The van der Waals surface area contributed by atoms with Crippen LogP contribution in [0.25, 0.3) is 0 Å². The minimum Gasteiger partial charge on any atom is -0.459 e. The van der Waals surface area contributed by atoms with Crippen molar-refractivity contribution >= 4 is 17.4 Å². The standard InChI is InChI=1S/C12H10FN3O3/c13-7-3-4-9(8(6-7)11(14)16-18)15-12(17)10-2-1-5-19-10/h1-6,18H,(H2,14,16)(H,15,17). The number of amides is 1. The Morgan fingerprint density at radius 3 is 2.84 bits per heavy atom. The second kappa shape index (κ2) is 5.21. The Morgan fingerprint density at radius 2 is 2.21 bits per heavy atom. The molecule has 98 valence electrons. The van der Waals surface area contributed by atoms with Crippen molar-refractivity contribution in [2.24, 2.45) is 10.9 Å². The molecule has 7 heteroatoms. The second-order valence-corrected chi connectivity index (χ2v) is 3.61. The molecule has 0 bridgehead atoms. The molecular formula is C12H10FN3O3. The van der Waals surface area contributed by atoms with E-state index in [0.717, 1.165) is 12.1 Å². The fourth-order valence-corrected chi connectivity index (χ4v) is 1.48. The molecule has 1 aromatic carbocycles. The number of amidine groups is 1. The molecule has 0 fully saturated rings. The maximum atomic E-state index is 13.1. The summed E-state index contributed by atoms with van der Waals surface area (Å²) in [6.45, 7) is 0. The number of halogens is 1. The molecule has 4 N–H and O–H groups in total. The summed E-state index contributed by atoms with van der Waals surface area (Å²) in [7, 11) is 0. The molecule has 0 aliphatic heterocycles. The quantitative estimate of drug-likeness (QED) is 0.340. The maximum absolute atomic E-state index is 13.1. The Labute approximate surface area is 107 Å². The van der Waals surface area contributed by atoms with Gasteiger partial charge < -0.3 is 20.7 Å². The zero-order valence-corrected chi connectivity index (χ0v) is 9.63. The van der Waals surface area contributed by atoms with Crippen molar-refractivity contribution in [1.29, 1.82) is 0 Å². The maximum Gasteiger partial charge on any atom is 0.291 e. The summed E-state index contributed by atoms with van der Waals surface area (Å²) < 4.78 is 18.1. The van der Waals surface area contributed by atoms with Crippen molar-refractivity contribution in [3.63, 3.8) is 0 Å². The SMILES string of the molecule is N/C(=N/O)c1cc(F)ccc1NC(=O)c1ccco1. The van der Waals surface area contributed by atoms with Crippen molar-refractivity contribution in [3.8, 4) is 0 Å². The van der Waals surface area contributed by atoms with Crippen LogP contribution in [0.3, 0.4) is 0 Å². The zero-order chi connectivity index (χ0) is 13.8. The summed E-state index contributed by atoms with van der Waals surface area (Å²) >= 11 is 0. The highest BCUT2D eigenvalue weighted by Crippen LogP contribution is 2.18. The number of oxime groups is 1. The van der Waals surface area contributed by atoms with Crippen LogP contribution in [0.5, 0.6) is 0 Å². The molecule has 6 nitrogen and oxygen atoms in total. The topological polar surface area (TPSA) is 101 Å². The van der Waals surface area contributed by atoms with Crippen molar-refractivity contribution in [2.45, 2.75) is 0 Å². The van der Waals surface area contributed by atoms with Crippen LogP contribution in [0.2, 0.25) is 0 Å². The number of furan rings is 1. The number of hydrogen-bond donors (Lipinski definition) is 3. The van der Waals surface area contributed by atoms with E-state index in [9.17, 15) is 9.18 Å². The van der Waals surface area contributed by atoms with E-state index in [1.54, 1.807) is 6.07 Å². The lowest BCUT2D eigenvalue weighted by atomic mass is 10.1. The van der Waals surface area contributed by atoms with E-state index in [0.29, 0.717) is 0 Å². The zero-order valence-electron chi connectivity index (χ0n) is 9.63. The predicted molar refractivity (Wildman–Crippen MR) is 65.6 cm³/mol. The highest BCUT2D eigenvalue weighted by Gasteiger charge is 2.14. The van der Waals surface area contributed by atoms with Crippen LogP contribution in [0.15, 0.2) is 46.2 Å². The number of carbonyl (C=O) groups excluding carboxylic acids is 1. The average molecular weight is 263 g/mol. The third-order valence-electron chi connectivity index (χ3n) is 2.36. The highest BCUT2D eigenvalue weighted by molar-refractivity contribution is 6.08. The van der Waals surface area contributed by atoms with Gasteiger partial charge in [0.25, 0.3) is 5.91 Å². The van der Waals surface area contributed by atoms with Crippen LogP contribution in [0.1, 0.15) is 16.1 Å². The summed E-state index contributed by atoms with van der Waals surface area (Å²) in [5, 5.41) is 13.9. The summed E-state index contributed by atoms with van der Waals surface area (Å²) in [6, 6.07) is 6.54. The molecule has 2 aromatic rings. The van der Waals surface area contributed by atoms with Gasteiger partial charge in [0, 0.05) is 5.56 Å². The fourth-order valence-electron chi connectivity index (χ4n) is 1.48. The molecule has 0 aliphatic carbocycles. The van der Waals surface area contributed by atoms with Gasteiger partial charge in [-0.3, -0.25) is 4.79 Å². The van der Waals surface area contributed by atoms with E-state index in [1.807, 2.05) is 0 Å². The molecule has 1 heterocycles. The van der Waals surface area contributed by atoms with Crippen LogP contribution in [-0.2, 0) is 0 Å². The van der Waals surface area contributed by atoms with Gasteiger partial charge in [-0.2, -0.15) is 0 Å². The van der Waals surface area contributed by atoms with E-state index in [1.165, 1.54) is 18.4 Å². The molecule has 1 aromatic heterocycles. The van der Waals surface area contributed by atoms with Gasteiger partial charge in [0.15, 0.2) is 11.6 Å². The first-order valence-electron chi connectivity index (χ1n) is 5.24. The smallest absolute Gasteiger partial charge is 0.291 e. The van der Waals surface area contributed by atoms with Crippen molar-refractivity contribution in [2.75, 3.05) is 5.32 Å². The Hall–Kier alpha value is -2.83. The molecule has 0 spiro atoms. The molecule has 0 saturated heterocycles. The lowest BCUT2D eigenvalue weighted by Crippen LogP contribution is -2.19. The van der Waals surface area contributed by atoms with Crippen LogP contribution >= 0.6 is 0 Å². The minimum absolute atomic E-state index is 0.0717. The van der Waals surface area contributed by atoms with Gasteiger partial charge in [-0.25, -0.2) is 4.39 Å². The highest BCUT2D eigenvalue weighted by atomic mass is 19.1. The predicted octanol–water partition coefficient (Wildman–Crippen LogP) is 1.77. The second-order valence-electron chi connectivity index (χ2n) is 3.61. The largest absolute Gasteiger partial charge is 0.459 e. The number of rotatable bonds is 3. The summed E-state index contributed by atoms with van der Waals surface area (Å²) in [5.41, 5.74) is 5.70. The van der Waals surface area contributed by atoms with E-state index in [4.69, 9.17) is 15.4 Å². The van der Waals surface area contributed by atoms with E-state index < -0.39 is 11.7 Å². The van der Waals surface area contributed by atoms with Gasteiger partial charge in [-0.05, 0) is 30.3 Å². The summed E-state index contributed by atoms with van der Waals surface area (Å²) in [6.07, 6.45) is 1.35. The Bertz CT molecular complexity index is 623. The first-order valence-corrected chi connectivity index (χ1v) is 5.24. The molecule has 19 heavy (non-hydrogen) atoms. The third-order valence-corrected chi connectivity index (χ3v) is 2.36. The van der Waals surface area contributed by atoms with Crippen molar-refractivity contribution in [1.82, 2.24) is 0 Å². The Balaban J connectivity index is 2.32. The number of nitrogens with zero attached hydrogens (tertiary/aromatic N) is 1. The van der Waals surface area contributed by atoms with E-state index >= 15 is 0 Å². The molecule has 1 amide bonds. The third kappa shape index (κ3) is 2.71. The van der Waals surface area contributed by atoms with E-state index in [-0.39, 0.29) is 22.8 Å². The fraction of sp³-hybridized carbons (Fsp3) is 0. The number of anilines is 1. The van der Waals surface area contributed by atoms with Crippen molar-refractivity contribution in [3.05, 3.63) is 53.7 Å². The number of nitrogens with one attached hydrogen (secondary N) is 1. The first-order chi connectivity index (χ1) is 9.11. The lowest BCUT2D eigenvalue weighted by Gasteiger charge is -2.09. The van der Waals surface area contributed by atoms with E-state index in [2.05, 4.69) is 10.5 Å². The molecule has 0 aliphatic rings. The lowest BCUT2D eigenvalue weighted by molar-refractivity contribution is 0.0996. The molecule has 0 unspecified atom stereocenters. The van der Waals surface area contributed by atoms with Crippen LogP contribution in [-0.4, -0.2) is 17.0 Å². The van der Waals surface area contributed by atoms with Gasteiger partial charge in [-0.1, -0.05) is 5.16 Å². The van der Waals surface area contributed by atoms with Crippen LogP contribution in [0.4, 0.5) is 10.1 Å². The monoisotopic (exact) mass is 263 g/mol. The Kier molecular flexibility index (Phi) is 3.46. The summed E-state index contributed by atoms with van der Waals surface area (Å²) in [5.74, 6) is -1.31. The minimum atomic E-state index is -0.572. The number of carbonyl (C=O) groups is 1. The molecular weight excluding hydrogens is 253 g/mol. The first kappa shape index (κ1) is 12.6. The summed E-state index contributed by atoms with van der Waals surface area (Å²) in [4.78, 5) is 11.8. The van der Waals surface area contributed by atoms with Gasteiger partial charge in [-0.15, -0.1) is 0 Å². The van der Waals surface area contributed by atoms with Gasteiger partial charge in [0.2, 0.25) is 0 Å². The normalized spacial score (nSPS) is 11.3. The average Bonchev–Trinajstić information content (AvgIpc) is 2.94. The van der Waals surface area contributed by atoms with Crippen molar-refractivity contribution < 1.29 is 18.8 Å². The number of benzene rings is 1.